The molecular weight excluding hydrogens is 262 g/mol. The Labute approximate surface area is 123 Å². The van der Waals surface area contributed by atoms with Crippen LogP contribution in [0.5, 0.6) is 0 Å². The largest absolute Gasteiger partial charge is 0.468 e. The molecule has 2 heterocycles. The van der Waals surface area contributed by atoms with Crippen LogP contribution in [0.3, 0.4) is 0 Å². The Balaban J connectivity index is 1.65. The number of rotatable bonds is 5. The monoisotopic (exact) mass is 279 g/mol. The molecule has 3 rings (SSSR count). The zero-order valence-corrected chi connectivity index (χ0v) is 11.9. The van der Waals surface area contributed by atoms with Crippen molar-refractivity contribution in [2.75, 3.05) is 6.54 Å². The lowest BCUT2D eigenvalue weighted by molar-refractivity contribution is 0.425. The van der Waals surface area contributed by atoms with Crippen LogP contribution in [0.2, 0.25) is 0 Å². The van der Waals surface area contributed by atoms with Crippen LogP contribution in [-0.4, -0.2) is 11.1 Å². The summed E-state index contributed by atoms with van der Waals surface area (Å²) in [7, 11) is 0. The summed E-state index contributed by atoms with van der Waals surface area (Å²) >= 11 is 0. The van der Waals surface area contributed by atoms with Gasteiger partial charge in [0, 0.05) is 30.2 Å². The van der Waals surface area contributed by atoms with Gasteiger partial charge in [0.2, 0.25) is 0 Å². The first-order valence-electron chi connectivity index (χ1n) is 7.04. The Bertz CT molecular complexity index is 765. The van der Waals surface area contributed by atoms with E-state index in [1.165, 1.54) is 0 Å². The Morgan fingerprint density at radius 1 is 1.33 bits per heavy atom. The number of hydrogen-bond donors (Lipinski definition) is 1. The quantitative estimate of drug-likeness (QED) is 0.778. The van der Waals surface area contributed by atoms with E-state index in [9.17, 15) is 0 Å². The average Bonchev–Trinajstić information content (AvgIpc) is 3.16. The van der Waals surface area contributed by atoms with E-state index in [4.69, 9.17) is 9.68 Å². The van der Waals surface area contributed by atoms with Crippen molar-refractivity contribution < 1.29 is 4.42 Å². The predicted octanol–water partition coefficient (Wildman–Crippen LogP) is 3.46. The lowest BCUT2D eigenvalue weighted by Gasteiger charge is -2.12. The van der Waals surface area contributed by atoms with Crippen LogP contribution in [0.4, 0.5) is 0 Å². The van der Waals surface area contributed by atoms with E-state index < -0.39 is 0 Å². The summed E-state index contributed by atoms with van der Waals surface area (Å²) in [6, 6.07) is 14.1. The van der Waals surface area contributed by atoms with E-state index >= 15 is 0 Å². The summed E-state index contributed by atoms with van der Waals surface area (Å²) in [5, 5.41) is 13.5. The lowest BCUT2D eigenvalue weighted by atomic mass is 10.2. The maximum Gasteiger partial charge on any atom is 0.120 e. The van der Waals surface area contributed by atoms with Crippen LogP contribution in [0, 0.1) is 11.3 Å². The molecule has 1 N–H and O–H groups in total. The topological polar surface area (TPSA) is 53.9 Å². The van der Waals surface area contributed by atoms with E-state index in [1.807, 2.05) is 36.4 Å². The van der Waals surface area contributed by atoms with Gasteiger partial charge in [0.25, 0.3) is 0 Å². The summed E-state index contributed by atoms with van der Waals surface area (Å²) < 4.78 is 7.57. The van der Waals surface area contributed by atoms with Crippen molar-refractivity contribution in [1.29, 1.82) is 5.26 Å². The molecule has 4 heteroatoms. The van der Waals surface area contributed by atoms with Crippen LogP contribution in [0.1, 0.15) is 24.3 Å². The van der Waals surface area contributed by atoms with E-state index in [1.54, 1.807) is 6.26 Å². The van der Waals surface area contributed by atoms with Gasteiger partial charge in [-0.3, -0.25) is 0 Å². The first-order chi connectivity index (χ1) is 10.3. The molecule has 0 radical (unpaired) electrons. The first-order valence-corrected chi connectivity index (χ1v) is 7.04. The fourth-order valence-electron chi connectivity index (χ4n) is 2.50. The molecule has 0 bridgehead atoms. The zero-order valence-electron chi connectivity index (χ0n) is 11.9. The summed E-state index contributed by atoms with van der Waals surface area (Å²) in [4.78, 5) is 0. The molecule has 0 saturated carbocycles. The number of furan rings is 1. The second-order valence-corrected chi connectivity index (χ2v) is 5.09. The fourth-order valence-corrected chi connectivity index (χ4v) is 2.50. The highest BCUT2D eigenvalue weighted by molar-refractivity contribution is 5.81. The van der Waals surface area contributed by atoms with Gasteiger partial charge in [0.05, 0.1) is 23.9 Å². The minimum absolute atomic E-state index is 0.201. The Hall–Kier alpha value is -2.51. The molecule has 1 atom stereocenters. The van der Waals surface area contributed by atoms with E-state index in [2.05, 4.69) is 29.1 Å². The van der Waals surface area contributed by atoms with Crippen LogP contribution >= 0.6 is 0 Å². The summed E-state index contributed by atoms with van der Waals surface area (Å²) in [6.45, 7) is 3.82. The highest BCUT2D eigenvalue weighted by Crippen LogP contribution is 2.17. The molecular formula is C17H17N3O. The van der Waals surface area contributed by atoms with Crippen molar-refractivity contribution >= 4 is 10.9 Å². The molecule has 4 nitrogen and oxygen atoms in total. The molecule has 1 aromatic carbocycles. The van der Waals surface area contributed by atoms with Crippen molar-refractivity contribution in [2.45, 2.75) is 19.5 Å². The van der Waals surface area contributed by atoms with Gasteiger partial charge in [0.1, 0.15) is 5.76 Å². The maximum absolute atomic E-state index is 8.92. The lowest BCUT2D eigenvalue weighted by Crippen LogP contribution is -2.22. The highest BCUT2D eigenvalue weighted by Gasteiger charge is 2.07. The van der Waals surface area contributed by atoms with Crippen molar-refractivity contribution in [1.82, 2.24) is 9.88 Å². The molecule has 2 aromatic heterocycles. The molecule has 106 valence electrons. The third-order valence-corrected chi connectivity index (χ3v) is 3.67. The normalized spacial score (nSPS) is 12.4. The van der Waals surface area contributed by atoms with Gasteiger partial charge in [-0.1, -0.05) is 0 Å². The van der Waals surface area contributed by atoms with Crippen molar-refractivity contribution in [3.63, 3.8) is 0 Å². The number of nitrogens with one attached hydrogen (secondary N) is 1. The van der Waals surface area contributed by atoms with Crippen LogP contribution in [-0.2, 0) is 6.54 Å². The van der Waals surface area contributed by atoms with Gasteiger partial charge < -0.3 is 14.3 Å². The fraction of sp³-hybridized carbons (Fsp3) is 0.235. The predicted molar refractivity (Wildman–Crippen MR) is 81.8 cm³/mol. The van der Waals surface area contributed by atoms with E-state index in [-0.39, 0.29) is 6.04 Å². The minimum atomic E-state index is 0.201. The number of nitrogens with zero attached hydrogens (tertiary/aromatic N) is 2. The average molecular weight is 279 g/mol. The SMILES string of the molecule is CC(NCCn1ccc2cc(C#N)ccc21)c1ccco1. The van der Waals surface area contributed by atoms with E-state index in [0.717, 1.165) is 29.8 Å². The molecule has 21 heavy (non-hydrogen) atoms. The second-order valence-electron chi connectivity index (χ2n) is 5.09. The minimum Gasteiger partial charge on any atom is -0.468 e. The molecule has 1 unspecified atom stereocenters. The number of fused-ring (bicyclic) bond motifs is 1. The standard InChI is InChI=1S/C17H17N3O/c1-13(17-3-2-10-21-17)19-7-9-20-8-6-15-11-14(12-18)4-5-16(15)20/h2-6,8,10-11,13,19H,7,9H2,1H3. The van der Waals surface area contributed by atoms with Crippen molar-refractivity contribution in [2.24, 2.45) is 0 Å². The van der Waals surface area contributed by atoms with Gasteiger partial charge in [-0.25, -0.2) is 0 Å². The molecule has 3 aromatic rings. The van der Waals surface area contributed by atoms with Crippen molar-refractivity contribution in [3.8, 4) is 6.07 Å². The zero-order chi connectivity index (χ0) is 14.7. The van der Waals surface area contributed by atoms with Gasteiger partial charge in [-0.05, 0) is 43.3 Å². The van der Waals surface area contributed by atoms with Gasteiger partial charge in [-0.15, -0.1) is 0 Å². The summed E-state index contributed by atoms with van der Waals surface area (Å²) in [6.07, 6.45) is 3.75. The molecule has 0 aliphatic carbocycles. The molecule has 0 fully saturated rings. The van der Waals surface area contributed by atoms with Crippen LogP contribution in [0.15, 0.2) is 53.3 Å². The third-order valence-electron chi connectivity index (χ3n) is 3.67. The number of aromatic nitrogens is 1. The smallest absolute Gasteiger partial charge is 0.120 e. The molecule has 0 amide bonds. The van der Waals surface area contributed by atoms with Gasteiger partial charge in [0.15, 0.2) is 0 Å². The number of nitriles is 1. The molecule has 0 aliphatic heterocycles. The maximum atomic E-state index is 8.92. The van der Waals surface area contributed by atoms with Crippen LogP contribution in [0.25, 0.3) is 10.9 Å². The first kappa shape index (κ1) is 13.5. The highest BCUT2D eigenvalue weighted by atomic mass is 16.3. The molecule has 0 saturated heterocycles. The summed E-state index contributed by atoms with van der Waals surface area (Å²) in [5.41, 5.74) is 1.85. The second kappa shape index (κ2) is 5.86. The number of benzene rings is 1. The molecule has 0 aliphatic rings. The Kier molecular flexibility index (Phi) is 3.76. The van der Waals surface area contributed by atoms with E-state index in [0.29, 0.717) is 5.56 Å². The van der Waals surface area contributed by atoms with Gasteiger partial charge >= 0.3 is 0 Å². The Morgan fingerprint density at radius 3 is 3.00 bits per heavy atom. The summed E-state index contributed by atoms with van der Waals surface area (Å²) in [5.74, 6) is 0.950. The van der Waals surface area contributed by atoms with Gasteiger partial charge in [-0.2, -0.15) is 5.26 Å². The Morgan fingerprint density at radius 2 is 2.24 bits per heavy atom. The number of hydrogen-bond acceptors (Lipinski definition) is 3. The molecule has 0 spiro atoms. The van der Waals surface area contributed by atoms with Crippen molar-refractivity contribution in [3.05, 3.63) is 60.2 Å². The third kappa shape index (κ3) is 2.83. The van der Waals surface area contributed by atoms with Crippen LogP contribution < -0.4 is 5.32 Å².